The summed E-state index contributed by atoms with van der Waals surface area (Å²) >= 11 is 1.60. The molecule has 0 spiro atoms. The molecule has 0 saturated carbocycles. The predicted octanol–water partition coefficient (Wildman–Crippen LogP) is 3.09. The number of carbonyl (C=O) groups excluding carboxylic acids is 1. The number of hydrogen-bond donors (Lipinski definition) is 1. The zero-order chi connectivity index (χ0) is 13.7. The van der Waals surface area contributed by atoms with Gasteiger partial charge in [0, 0.05) is 5.69 Å². The van der Waals surface area contributed by atoms with Gasteiger partial charge in [-0.15, -0.1) is 0 Å². The molecule has 0 aliphatic carbocycles. The van der Waals surface area contributed by atoms with Crippen molar-refractivity contribution in [3.63, 3.8) is 0 Å². The van der Waals surface area contributed by atoms with Gasteiger partial charge in [0.15, 0.2) is 0 Å². The standard InChI is InChI=1S/C14H15NO3S/c1-2-17-14(16)12-7-11(15)3-4-13(12)18-8-10-5-6-19-9-10/h3-7,9H,2,8,15H2,1H3. The van der Waals surface area contributed by atoms with Gasteiger partial charge in [0.05, 0.1) is 6.61 Å². The number of esters is 1. The molecule has 1 heterocycles. The summed E-state index contributed by atoms with van der Waals surface area (Å²) in [7, 11) is 0. The first kappa shape index (κ1) is 13.4. The van der Waals surface area contributed by atoms with Gasteiger partial charge in [-0.3, -0.25) is 0 Å². The molecule has 0 bridgehead atoms. The molecule has 0 amide bonds. The van der Waals surface area contributed by atoms with Crippen LogP contribution >= 0.6 is 11.3 Å². The first-order chi connectivity index (χ1) is 9.20. The molecular weight excluding hydrogens is 262 g/mol. The number of rotatable bonds is 5. The van der Waals surface area contributed by atoms with Crippen LogP contribution in [0, 0.1) is 0 Å². The summed E-state index contributed by atoms with van der Waals surface area (Å²) in [5.74, 6) is 0.0639. The summed E-state index contributed by atoms with van der Waals surface area (Å²) in [6.45, 7) is 2.49. The van der Waals surface area contributed by atoms with Crippen LogP contribution in [0.1, 0.15) is 22.8 Å². The molecule has 2 rings (SSSR count). The van der Waals surface area contributed by atoms with Crippen LogP contribution in [0.3, 0.4) is 0 Å². The lowest BCUT2D eigenvalue weighted by atomic mass is 10.2. The van der Waals surface area contributed by atoms with E-state index in [-0.39, 0.29) is 0 Å². The number of nitrogens with two attached hydrogens (primary N) is 1. The summed E-state index contributed by atoms with van der Waals surface area (Å²) in [5, 5.41) is 3.98. The molecule has 0 aliphatic rings. The Hall–Kier alpha value is -2.01. The highest BCUT2D eigenvalue weighted by Crippen LogP contribution is 2.23. The van der Waals surface area contributed by atoms with Gasteiger partial charge < -0.3 is 15.2 Å². The molecule has 2 N–H and O–H groups in total. The van der Waals surface area contributed by atoms with Crippen molar-refractivity contribution in [3.8, 4) is 5.75 Å². The summed E-state index contributed by atoms with van der Waals surface area (Å²) in [4.78, 5) is 11.8. The number of anilines is 1. The van der Waals surface area contributed by atoms with Gasteiger partial charge in [-0.2, -0.15) is 11.3 Å². The first-order valence-electron chi connectivity index (χ1n) is 5.91. The Morgan fingerprint density at radius 3 is 2.89 bits per heavy atom. The number of carbonyl (C=O) groups is 1. The molecule has 0 atom stereocenters. The van der Waals surface area contributed by atoms with Crippen LogP contribution in [0.15, 0.2) is 35.0 Å². The van der Waals surface area contributed by atoms with Gasteiger partial charge in [-0.1, -0.05) is 0 Å². The summed E-state index contributed by atoms with van der Waals surface area (Å²) < 4.78 is 10.6. The molecular formula is C14H15NO3S. The van der Waals surface area contributed by atoms with E-state index in [0.29, 0.717) is 30.2 Å². The van der Waals surface area contributed by atoms with Crippen molar-refractivity contribution in [2.75, 3.05) is 12.3 Å². The topological polar surface area (TPSA) is 61.5 Å². The highest BCUT2D eigenvalue weighted by atomic mass is 32.1. The predicted molar refractivity (Wildman–Crippen MR) is 75.5 cm³/mol. The average Bonchev–Trinajstić information content (AvgIpc) is 2.90. The largest absolute Gasteiger partial charge is 0.488 e. The molecule has 5 heteroatoms. The molecule has 0 unspecified atom stereocenters. The minimum absolute atomic E-state index is 0.317. The second kappa shape index (κ2) is 6.24. The van der Waals surface area contributed by atoms with Crippen molar-refractivity contribution >= 4 is 23.0 Å². The second-order valence-electron chi connectivity index (χ2n) is 3.90. The lowest BCUT2D eigenvalue weighted by molar-refractivity contribution is 0.0521. The van der Waals surface area contributed by atoms with E-state index in [0.717, 1.165) is 5.56 Å². The Bertz CT molecular complexity index is 552. The lowest BCUT2D eigenvalue weighted by Crippen LogP contribution is -2.08. The Kier molecular flexibility index (Phi) is 4.41. The van der Waals surface area contributed by atoms with Crippen LogP contribution in [-0.4, -0.2) is 12.6 Å². The number of ether oxygens (including phenoxy) is 2. The van der Waals surface area contributed by atoms with Gasteiger partial charge in [0.2, 0.25) is 0 Å². The van der Waals surface area contributed by atoms with E-state index >= 15 is 0 Å². The maximum Gasteiger partial charge on any atom is 0.341 e. The van der Waals surface area contributed by atoms with Crippen LogP contribution in [0.25, 0.3) is 0 Å². The number of thiophene rings is 1. The summed E-state index contributed by atoms with van der Waals surface area (Å²) in [5.41, 5.74) is 7.62. The fourth-order valence-corrected chi connectivity index (χ4v) is 2.23. The van der Waals surface area contributed by atoms with Gasteiger partial charge in [-0.05, 0) is 47.5 Å². The maximum absolute atomic E-state index is 11.8. The van der Waals surface area contributed by atoms with E-state index in [4.69, 9.17) is 15.2 Å². The van der Waals surface area contributed by atoms with Crippen molar-refractivity contribution in [2.45, 2.75) is 13.5 Å². The smallest absolute Gasteiger partial charge is 0.341 e. The van der Waals surface area contributed by atoms with E-state index in [2.05, 4.69) is 0 Å². The molecule has 19 heavy (non-hydrogen) atoms. The van der Waals surface area contributed by atoms with E-state index in [1.165, 1.54) is 0 Å². The molecule has 0 aliphatic heterocycles. The normalized spacial score (nSPS) is 10.2. The molecule has 0 saturated heterocycles. The van der Waals surface area contributed by atoms with Crippen molar-refractivity contribution in [1.29, 1.82) is 0 Å². The zero-order valence-corrected chi connectivity index (χ0v) is 11.4. The average molecular weight is 277 g/mol. The van der Waals surface area contributed by atoms with Crippen LogP contribution < -0.4 is 10.5 Å². The third-order valence-corrected chi connectivity index (χ3v) is 3.21. The molecule has 1 aromatic carbocycles. The third-order valence-electron chi connectivity index (χ3n) is 2.47. The molecule has 0 fully saturated rings. The monoisotopic (exact) mass is 277 g/mol. The second-order valence-corrected chi connectivity index (χ2v) is 4.68. The highest BCUT2D eigenvalue weighted by molar-refractivity contribution is 7.07. The SMILES string of the molecule is CCOC(=O)c1cc(N)ccc1OCc1ccsc1. The Morgan fingerprint density at radius 2 is 2.21 bits per heavy atom. The van der Waals surface area contributed by atoms with E-state index < -0.39 is 5.97 Å². The van der Waals surface area contributed by atoms with E-state index in [9.17, 15) is 4.79 Å². The summed E-state index contributed by atoms with van der Waals surface area (Å²) in [6.07, 6.45) is 0. The molecule has 2 aromatic rings. The molecule has 4 nitrogen and oxygen atoms in total. The number of nitrogen functional groups attached to an aromatic ring is 1. The van der Waals surface area contributed by atoms with Crippen molar-refractivity contribution in [1.82, 2.24) is 0 Å². The van der Waals surface area contributed by atoms with Crippen LogP contribution in [0.2, 0.25) is 0 Å². The highest BCUT2D eigenvalue weighted by Gasteiger charge is 2.14. The lowest BCUT2D eigenvalue weighted by Gasteiger charge is -2.11. The van der Waals surface area contributed by atoms with Crippen molar-refractivity contribution in [3.05, 3.63) is 46.2 Å². The van der Waals surface area contributed by atoms with Crippen molar-refractivity contribution in [2.24, 2.45) is 0 Å². The summed E-state index contributed by atoms with van der Waals surface area (Å²) in [6, 6.07) is 6.94. The van der Waals surface area contributed by atoms with Gasteiger partial charge in [0.1, 0.15) is 17.9 Å². The fourth-order valence-electron chi connectivity index (χ4n) is 1.58. The Balaban J connectivity index is 2.16. The third kappa shape index (κ3) is 3.48. The number of hydrogen-bond acceptors (Lipinski definition) is 5. The molecule has 0 radical (unpaired) electrons. The quantitative estimate of drug-likeness (QED) is 0.674. The Labute approximate surface area is 115 Å². The fraction of sp³-hybridized carbons (Fsp3) is 0.214. The van der Waals surface area contributed by atoms with Crippen molar-refractivity contribution < 1.29 is 14.3 Å². The van der Waals surface area contributed by atoms with Crippen LogP contribution in [0.5, 0.6) is 5.75 Å². The van der Waals surface area contributed by atoms with Gasteiger partial charge in [-0.25, -0.2) is 4.79 Å². The number of benzene rings is 1. The zero-order valence-electron chi connectivity index (χ0n) is 10.6. The molecule has 1 aromatic heterocycles. The Morgan fingerprint density at radius 1 is 1.37 bits per heavy atom. The maximum atomic E-state index is 11.8. The first-order valence-corrected chi connectivity index (χ1v) is 6.85. The van der Waals surface area contributed by atoms with E-state index in [1.807, 2.05) is 16.8 Å². The minimum Gasteiger partial charge on any atom is -0.488 e. The van der Waals surface area contributed by atoms with Crippen LogP contribution in [-0.2, 0) is 11.3 Å². The minimum atomic E-state index is -0.421. The van der Waals surface area contributed by atoms with Gasteiger partial charge in [0.25, 0.3) is 0 Å². The van der Waals surface area contributed by atoms with E-state index in [1.54, 1.807) is 36.5 Å². The molecule has 100 valence electrons. The van der Waals surface area contributed by atoms with Gasteiger partial charge >= 0.3 is 5.97 Å². The van der Waals surface area contributed by atoms with Crippen LogP contribution in [0.4, 0.5) is 5.69 Å².